The van der Waals surface area contributed by atoms with Crippen molar-refractivity contribution in [2.45, 2.75) is 6.18 Å². The van der Waals surface area contributed by atoms with Crippen LogP contribution in [-0.2, 0) is 4.79 Å². The van der Waals surface area contributed by atoms with Gasteiger partial charge in [-0.3, -0.25) is 0 Å². The Labute approximate surface area is 110 Å². The maximum absolute atomic E-state index is 12.2. The second kappa shape index (κ2) is 4.84. The molecule has 0 atom stereocenters. The fourth-order valence-electron chi connectivity index (χ4n) is 1.70. The van der Waals surface area contributed by atoms with Gasteiger partial charge in [-0.15, -0.1) is 0 Å². The average molecular weight is 283 g/mol. The van der Waals surface area contributed by atoms with Gasteiger partial charge >= 0.3 is 12.1 Å². The first-order valence-electron chi connectivity index (χ1n) is 5.33. The van der Waals surface area contributed by atoms with E-state index in [1.165, 1.54) is 24.3 Å². The number of halogens is 3. The van der Waals surface area contributed by atoms with Gasteiger partial charge in [0.05, 0.1) is 5.97 Å². The molecule has 2 rings (SSSR count). The van der Waals surface area contributed by atoms with Crippen LogP contribution in [0.2, 0.25) is 0 Å². The highest BCUT2D eigenvalue weighted by molar-refractivity contribution is 6.05. The molecule has 2 aromatic carbocycles. The lowest BCUT2D eigenvalue weighted by atomic mass is 10.0. The van der Waals surface area contributed by atoms with Crippen molar-refractivity contribution in [1.82, 2.24) is 0 Å². The van der Waals surface area contributed by atoms with E-state index in [-0.39, 0.29) is 22.1 Å². The van der Waals surface area contributed by atoms with Crippen molar-refractivity contribution in [3.63, 3.8) is 0 Å². The minimum absolute atomic E-state index is 0.0757. The Balaban J connectivity index is 2.54. The van der Waals surface area contributed by atoms with Crippen molar-refractivity contribution >= 4 is 22.7 Å². The van der Waals surface area contributed by atoms with E-state index in [2.05, 4.69) is 4.74 Å². The van der Waals surface area contributed by atoms with E-state index in [0.717, 1.165) is 12.1 Å². The van der Waals surface area contributed by atoms with Gasteiger partial charge in [0, 0.05) is 10.9 Å². The van der Waals surface area contributed by atoms with E-state index < -0.39 is 18.1 Å². The number of fused-ring (bicyclic) bond motifs is 1. The molecular weight excluding hydrogens is 277 g/mol. The van der Waals surface area contributed by atoms with Crippen LogP contribution in [0.15, 0.2) is 36.4 Å². The summed E-state index contributed by atoms with van der Waals surface area (Å²) in [6.45, 7) is 0. The summed E-state index contributed by atoms with van der Waals surface area (Å²) in [5.74, 6) is -4.22. The number of benzene rings is 2. The van der Waals surface area contributed by atoms with Crippen molar-refractivity contribution < 1.29 is 32.6 Å². The average Bonchev–Trinajstić information content (AvgIpc) is 2.37. The van der Waals surface area contributed by atoms with Gasteiger partial charge in [-0.25, -0.2) is 4.79 Å². The molecule has 7 heteroatoms. The lowest BCUT2D eigenvalue weighted by Gasteiger charge is -2.12. The van der Waals surface area contributed by atoms with Gasteiger partial charge in [-0.1, -0.05) is 24.3 Å². The maximum Gasteiger partial charge on any atom is 0.491 e. The molecule has 0 aromatic heterocycles. The van der Waals surface area contributed by atoms with Crippen molar-refractivity contribution in [3.05, 3.63) is 42.0 Å². The molecule has 20 heavy (non-hydrogen) atoms. The molecule has 0 heterocycles. The largest absolute Gasteiger partial charge is 0.545 e. The van der Waals surface area contributed by atoms with Gasteiger partial charge in [0.25, 0.3) is 0 Å². The van der Waals surface area contributed by atoms with E-state index in [9.17, 15) is 27.9 Å². The highest BCUT2D eigenvalue weighted by Gasteiger charge is 2.41. The summed E-state index contributed by atoms with van der Waals surface area (Å²) in [5.41, 5.74) is -0.201. The summed E-state index contributed by atoms with van der Waals surface area (Å²) in [4.78, 5) is 21.7. The number of carbonyl (C=O) groups excluding carboxylic acids is 2. The zero-order valence-electron chi connectivity index (χ0n) is 9.73. The summed E-state index contributed by atoms with van der Waals surface area (Å²) < 4.78 is 40.7. The van der Waals surface area contributed by atoms with Gasteiger partial charge in [-0.05, 0) is 17.5 Å². The third-order valence-electron chi connectivity index (χ3n) is 2.54. The third kappa shape index (κ3) is 2.56. The Morgan fingerprint density at radius 2 is 1.60 bits per heavy atom. The number of hydrogen-bond donors (Lipinski definition) is 0. The number of carboxylic acid groups (broad SMARTS) is 1. The Morgan fingerprint density at radius 3 is 2.15 bits per heavy atom. The van der Waals surface area contributed by atoms with Crippen molar-refractivity contribution in [3.8, 4) is 5.75 Å². The number of aromatic carboxylic acids is 1. The molecule has 104 valence electrons. The van der Waals surface area contributed by atoms with Crippen LogP contribution < -0.4 is 9.84 Å². The normalized spacial score (nSPS) is 11.3. The van der Waals surface area contributed by atoms with E-state index in [1.807, 2.05) is 0 Å². The van der Waals surface area contributed by atoms with Gasteiger partial charge in [0.2, 0.25) is 0 Å². The molecule has 0 aliphatic heterocycles. The Morgan fingerprint density at radius 1 is 1.00 bits per heavy atom. The van der Waals surface area contributed by atoms with Crippen molar-refractivity contribution in [2.75, 3.05) is 0 Å². The maximum atomic E-state index is 12.2. The Hall–Kier alpha value is -2.57. The Bertz CT molecular complexity index is 692. The van der Waals surface area contributed by atoms with Crippen LogP contribution in [0.4, 0.5) is 13.2 Å². The monoisotopic (exact) mass is 283 g/mol. The summed E-state index contributed by atoms with van der Waals surface area (Å²) in [7, 11) is 0. The van der Waals surface area contributed by atoms with Crippen molar-refractivity contribution in [2.24, 2.45) is 0 Å². The Kier molecular flexibility index (Phi) is 3.35. The number of hydrogen-bond acceptors (Lipinski definition) is 4. The smallest absolute Gasteiger partial charge is 0.491 e. The summed E-state index contributed by atoms with van der Waals surface area (Å²) in [5, 5.41) is 11.1. The molecule has 0 amide bonds. The van der Waals surface area contributed by atoms with Gasteiger partial charge in [-0.2, -0.15) is 13.2 Å². The molecule has 4 nitrogen and oxygen atoms in total. The predicted molar refractivity (Wildman–Crippen MR) is 60.0 cm³/mol. The fraction of sp³-hybridized carbons (Fsp3) is 0.0769. The lowest BCUT2D eigenvalue weighted by molar-refractivity contribution is -0.254. The van der Waals surface area contributed by atoms with Crippen LogP contribution >= 0.6 is 0 Å². The van der Waals surface area contributed by atoms with Crippen LogP contribution in [0.25, 0.3) is 10.8 Å². The minimum atomic E-state index is -5.13. The molecule has 0 spiro atoms. The first kappa shape index (κ1) is 13.9. The standard InChI is InChI=1S/C13H7F3O4/c14-13(15,16)12(19)20-10-6-5-9(11(17)18)7-3-1-2-4-8(7)10/h1-6H,(H,17,18)/p-1. The lowest BCUT2D eigenvalue weighted by Crippen LogP contribution is -2.28. The quantitative estimate of drug-likeness (QED) is 0.621. The third-order valence-corrected chi connectivity index (χ3v) is 2.54. The number of carboxylic acids is 1. The van der Waals surface area contributed by atoms with Crippen LogP contribution in [-0.4, -0.2) is 18.1 Å². The molecule has 0 aliphatic rings. The highest BCUT2D eigenvalue weighted by atomic mass is 19.4. The molecule has 2 aromatic rings. The zero-order chi connectivity index (χ0) is 14.9. The molecule has 0 saturated heterocycles. The number of carbonyl (C=O) groups is 2. The predicted octanol–water partition coefficient (Wildman–Crippen LogP) is 1.67. The number of esters is 1. The molecular formula is C13H6F3O4-. The molecule has 0 saturated carbocycles. The second-order valence-electron chi connectivity index (χ2n) is 3.83. The van der Waals surface area contributed by atoms with Crippen LogP contribution in [0.5, 0.6) is 5.75 Å². The second-order valence-corrected chi connectivity index (χ2v) is 3.83. The van der Waals surface area contributed by atoms with Gasteiger partial charge in [0.1, 0.15) is 5.75 Å². The zero-order valence-corrected chi connectivity index (χ0v) is 9.73. The number of ether oxygens (including phenoxy) is 1. The van der Waals surface area contributed by atoms with E-state index >= 15 is 0 Å². The van der Waals surface area contributed by atoms with Gasteiger partial charge in [0.15, 0.2) is 0 Å². The SMILES string of the molecule is O=C([O-])c1ccc(OC(=O)C(F)(F)F)c2ccccc12. The molecule has 0 aliphatic carbocycles. The summed E-state index contributed by atoms with van der Waals surface area (Å²) in [6.07, 6.45) is -5.13. The molecule has 0 bridgehead atoms. The number of alkyl halides is 3. The number of rotatable bonds is 2. The summed E-state index contributed by atoms with van der Waals surface area (Å²) in [6, 6.07) is 7.72. The molecule has 0 N–H and O–H groups in total. The molecule has 0 radical (unpaired) electrons. The van der Waals surface area contributed by atoms with E-state index in [4.69, 9.17) is 0 Å². The van der Waals surface area contributed by atoms with E-state index in [1.54, 1.807) is 0 Å². The first-order chi connectivity index (χ1) is 9.30. The van der Waals surface area contributed by atoms with Crippen LogP contribution in [0.1, 0.15) is 10.4 Å². The van der Waals surface area contributed by atoms with Crippen molar-refractivity contribution in [1.29, 1.82) is 0 Å². The topological polar surface area (TPSA) is 66.4 Å². The molecule has 0 fully saturated rings. The first-order valence-corrected chi connectivity index (χ1v) is 5.33. The molecule has 0 unspecified atom stereocenters. The summed E-state index contributed by atoms with van der Waals surface area (Å²) >= 11 is 0. The minimum Gasteiger partial charge on any atom is -0.545 e. The van der Waals surface area contributed by atoms with Crippen LogP contribution in [0, 0.1) is 0 Å². The van der Waals surface area contributed by atoms with Gasteiger partial charge < -0.3 is 14.6 Å². The van der Waals surface area contributed by atoms with E-state index in [0.29, 0.717) is 0 Å². The fourth-order valence-corrected chi connectivity index (χ4v) is 1.70. The highest BCUT2D eigenvalue weighted by Crippen LogP contribution is 2.30. The van der Waals surface area contributed by atoms with Crippen LogP contribution in [0.3, 0.4) is 0 Å².